The Morgan fingerprint density at radius 2 is 2.05 bits per heavy atom. The molecule has 0 radical (unpaired) electrons. The first-order chi connectivity index (χ1) is 9.60. The third-order valence-electron chi connectivity index (χ3n) is 3.25. The van der Waals surface area contributed by atoms with E-state index in [-0.39, 0.29) is 18.3 Å². The summed E-state index contributed by atoms with van der Waals surface area (Å²) in [5.41, 5.74) is 0.273. The van der Waals surface area contributed by atoms with Gasteiger partial charge in [-0.3, -0.25) is 4.90 Å². The molecule has 2 rings (SSSR count). The monoisotopic (exact) mass is 301 g/mol. The molecule has 1 aliphatic heterocycles. The summed E-state index contributed by atoms with van der Waals surface area (Å²) in [6.07, 6.45) is 0. The number of piperazine rings is 1. The zero-order chi connectivity index (χ0) is 14.5. The molecule has 1 aromatic rings. The molecule has 1 fully saturated rings. The van der Waals surface area contributed by atoms with Gasteiger partial charge in [0.1, 0.15) is 5.82 Å². The Balaban J connectivity index is 1.91. The number of carbonyl (C=O) groups excluding carboxylic acids is 1. The van der Waals surface area contributed by atoms with Gasteiger partial charge < -0.3 is 15.3 Å². The summed E-state index contributed by atoms with van der Waals surface area (Å²) in [5.74, 6) is -0.447. The van der Waals surface area contributed by atoms with Crippen LogP contribution in [0.25, 0.3) is 0 Å². The summed E-state index contributed by atoms with van der Waals surface area (Å²) >= 11 is 5.91. The van der Waals surface area contributed by atoms with Gasteiger partial charge in [0.15, 0.2) is 0 Å². The fraction of sp³-hybridized carbons (Fsp3) is 0.462. The molecule has 7 heteroatoms. The van der Waals surface area contributed by atoms with Crippen LogP contribution in [0.1, 0.15) is 0 Å². The molecule has 5 nitrogen and oxygen atoms in total. The number of aliphatic hydroxyl groups excluding tert-OH is 1. The zero-order valence-electron chi connectivity index (χ0n) is 11.0. The van der Waals surface area contributed by atoms with Crippen LogP contribution in [0.4, 0.5) is 14.9 Å². The number of urea groups is 1. The average molecular weight is 302 g/mol. The number of anilines is 1. The summed E-state index contributed by atoms with van der Waals surface area (Å²) in [7, 11) is 0. The van der Waals surface area contributed by atoms with E-state index < -0.39 is 5.82 Å². The lowest BCUT2D eigenvalue weighted by atomic mass is 10.3. The highest BCUT2D eigenvalue weighted by Gasteiger charge is 2.21. The lowest BCUT2D eigenvalue weighted by Gasteiger charge is -2.34. The van der Waals surface area contributed by atoms with Gasteiger partial charge in [0.25, 0.3) is 0 Å². The lowest BCUT2D eigenvalue weighted by molar-refractivity contribution is 0.127. The molecule has 1 saturated heterocycles. The summed E-state index contributed by atoms with van der Waals surface area (Å²) in [4.78, 5) is 15.8. The fourth-order valence-corrected chi connectivity index (χ4v) is 2.27. The van der Waals surface area contributed by atoms with Crippen LogP contribution in [0.2, 0.25) is 5.02 Å². The van der Waals surface area contributed by atoms with Crippen molar-refractivity contribution >= 4 is 23.3 Å². The molecule has 0 unspecified atom stereocenters. The van der Waals surface area contributed by atoms with Gasteiger partial charge in [-0.25, -0.2) is 9.18 Å². The van der Waals surface area contributed by atoms with Gasteiger partial charge in [-0.2, -0.15) is 0 Å². The second-order valence-electron chi connectivity index (χ2n) is 4.61. The van der Waals surface area contributed by atoms with Gasteiger partial charge in [0.2, 0.25) is 0 Å². The molecule has 2 amide bonds. The summed E-state index contributed by atoms with van der Waals surface area (Å²) in [5, 5.41) is 11.8. The van der Waals surface area contributed by atoms with Crippen molar-refractivity contribution in [1.29, 1.82) is 0 Å². The number of nitrogens with one attached hydrogen (secondary N) is 1. The van der Waals surface area contributed by atoms with E-state index in [9.17, 15) is 9.18 Å². The Labute approximate surface area is 121 Å². The van der Waals surface area contributed by atoms with Crippen molar-refractivity contribution in [3.63, 3.8) is 0 Å². The molecule has 110 valence electrons. The highest BCUT2D eigenvalue weighted by Crippen LogP contribution is 2.22. The standard InChI is InChI=1S/C13H17ClFN3O2/c14-11-2-1-10(15)9-12(11)16-13(20)18-5-3-17(4-6-18)7-8-19/h1-2,9,19H,3-8H2,(H,16,20). The van der Waals surface area contributed by atoms with E-state index in [2.05, 4.69) is 10.2 Å². The van der Waals surface area contributed by atoms with Crippen molar-refractivity contribution in [3.8, 4) is 0 Å². The molecular formula is C13H17ClFN3O2. The summed E-state index contributed by atoms with van der Waals surface area (Å²) in [6.45, 7) is 3.30. The van der Waals surface area contributed by atoms with Crippen molar-refractivity contribution in [2.24, 2.45) is 0 Å². The van der Waals surface area contributed by atoms with Gasteiger partial charge in [0.05, 0.1) is 17.3 Å². The van der Waals surface area contributed by atoms with Crippen LogP contribution < -0.4 is 5.32 Å². The van der Waals surface area contributed by atoms with Gasteiger partial charge in [0, 0.05) is 32.7 Å². The van der Waals surface area contributed by atoms with Crippen molar-refractivity contribution in [1.82, 2.24) is 9.80 Å². The predicted molar refractivity (Wildman–Crippen MR) is 75.5 cm³/mol. The number of carbonyl (C=O) groups is 1. The number of nitrogens with zero attached hydrogens (tertiary/aromatic N) is 2. The number of aliphatic hydroxyl groups is 1. The number of hydrogen-bond donors (Lipinski definition) is 2. The van der Waals surface area contributed by atoms with Crippen molar-refractivity contribution in [2.45, 2.75) is 0 Å². The van der Waals surface area contributed by atoms with Crippen LogP contribution in [0.5, 0.6) is 0 Å². The van der Waals surface area contributed by atoms with Crippen molar-refractivity contribution in [3.05, 3.63) is 29.0 Å². The minimum Gasteiger partial charge on any atom is -0.395 e. The Bertz CT molecular complexity index is 479. The number of hydrogen-bond acceptors (Lipinski definition) is 3. The highest BCUT2D eigenvalue weighted by molar-refractivity contribution is 6.33. The molecule has 0 atom stereocenters. The lowest BCUT2D eigenvalue weighted by Crippen LogP contribution is -2.50. The van der Waals surface area contributed by atoms with Crippen LogP contribution in [0, 0.1) is 5.82 Å². The van der Waals surface area contributed by atoms with E-state index in [1.165, 1.54) is 18.2 Å². The third kappa shape index (κ3) is 3.82. The molecule has 20 heavy (non-hydrogen) atoms. The quantitative estimate of drug-likeness (QED) is 0.892. The smallest absolute Gasteiger partial charge is 0.321 e. The molecular weight excluding hydrogens is 285 g/mol. The molecule has 1 aromatic carbocycles. The van der Waals surface area contributed by atoms with Gasteiger partial charge in [-0.05, 0) is 18.2 Å². The maximum atomic E-state index is 13.1. The minimum absolute atomic E-state index is 0.116. The molecule has 0 saturated carbocycles. The third-order valence-corrected chi connectivity index (χ3v) is 3.58. The molecule has 0 aromatic heterocycles. The van der Waals surface area contributed by atoms with Crippen LogP contribution in [0.15, 0.2) is 18.2 Å². The zero-order valence-corrected chi connectivity index (χ0v) is 11.7. The molecule has 0 spiro atoms. The van der Waals surface area contributed by atoms with Gasteiger partial charge >= 0.3 is 6.03 Å². The first kappa shape index (κ1) is 15.0. The Morgan fingerprint density at radius 3 is 2.70 bits per heavy atom. The maximum Gasteiger partial charge on any atom is 0.321 e. The number of rotatable bonds is 3. The molecule has 2 N–H and O–H groups in total. The van der Waals surface area contributed by atoms with Crippen LogP contribution >= 0.6 is 11.6 Å². The van der Waals surface area contributed by atoms with Crippen LogP contribution in [0.3, 0.4) is 0 Å². The highest BCUT2D eigenvalue weighted by atomic mass is 35.5. The predicted octanol–water partition coefficient (Wildman–Crippen LogP) is 1.62. The van der Waals surface area contributed by atoms with E-state index in [0.29, 0.717) is 37.7 Å². The first-order valence-corrected chi connectivity index (χ1v) is 6.82. The molecule has 1 aliphatic rings. The van der Waals surface area contributed by atoms with Crippen molar-refractivity contribution < 1.29 is 14.3 Å². The van der Waals surface area contributed by atoms with E-state index >= 15 is 0 Å². The number of β-amino-alcohol motifs (C(OH)–C–C–N with tert-alkyl or cyclic N) is 1. The first-order valence-electron chi connectivity index (χ1n) is 6.44. The van der Waals surface area contributed by atoms with Gasteiger partial charge in [-0.1, -0.05) is 11.6 Å². The Kier molecular flexibility index (Phi) is 5.17. The SMILES string of the molecule is O=C(Nc1cc(F)ccc1Cl)N1CCN(CCO)CC1. The van der Waals surface area contributed by atoms with Gasteiger partial charge in [-0.15, -0.1) is 0 Å². The topological polar surface area (TPSA) is 55.8 Å². The Hall–Kier alpha value is -1.37. The normalized spacial score (nSPS) is 16.2. The van der Waals surface area contributed by atoms with E-state index in [1.807, 2.05) is 0 Å². The fourth-order valence-electron chi connectivity index (χ4n) is 2.10. The Morgan fingerprint density at radius 1 is 1.35 bits per heavy atom. The molecule has 0 aliphatic carbocycles. The number of benzene rings is 1. The van der Waals surface area contributed by atoms with Crippen LogP contribution in [-0.4, -0.2) is 60.3 Å². The van der Waals surface area contributed by atoms with Crippen molar-refractivity contribution in [2.75, 3.05) is 44.6 Å². The second kappa shape index (κ2) is 6.88. The molecule has 0 bridgehead atoms. The maximum absolute atomic E-state index is 13.1. The second-order valence-corrected chi connectivity index (χ2v) is 5.01. The summed E-state index contributed by atoms with van der Waals surface area (Å²) in [6, 6.07) is 3.56. The number of amides is 2. The van der Waals surface area contributed by atoms with Crippen LogP contribution in [-0.2, 0) is 0 Å². The van der Waals surface area contributed by atoms with E-state index in [0.717, 1.165) is 0 Å². The van der Waals surface area contributed by atoms with E-state index in [4.69, 9.17) is 16.7 Å². The number of halogens is 2. The largest absolute Gasteiger partial charge is 0.395 e. The minimum atomic E-state index is -0.447. The summed E-state index contributed by atoms with van der Waals surface area (Å²) < 4.78 is 13.1. The molecule has 1 heterocycles. The average Bonchev–Trinajstić information content (AvgIpc) is 2.44. The van der Waals surface area contributed by atoms with E-state index in [1.54, 1.807) is 4.90 Å².